The van der Waals surface area contributed by atoms with Crippen molar-refractivity contribution in [2.75, 3.05) is 13.2 Å². The van der Waals surface area contributed by atoms with Crippen LogP contribution >= 0.6 is 15.9 Å². The minimum atomic E-state index is -0.747. The van der Waals surface area contributed by atoms with Crippen molar-refractivity contribution < 1.29 is 28.9 Å². The fraction of sp³-hybridized carbons (Fsp3) is 0.471. The molecular weight excluding hydrogens is 658 g/mol. The Hall–Kier alpha value is -4.06. The van der Waals surface area contributed by atoms with Gasteiger partial charge in [0.2, 0.25) is 5.75 Å². The van der Waals surface area contributed by atoms with E-state index in [0.29, 0.717) is 53.4 Å². The summed E-state index contributed by atoms with van der Waals surface area (Å²) in [5.74, 6) is -0.436. The number of ketones is 2. The zero-order chi connectivity index (χ0) is 33.7. The summed E-state index contributed by atoms with van der Waals surface area (Å²) in [6.45, 7) is 13.2. The highest BCUT2D eigenvalue weighted by atomic mass is 79.9. The van der Waals surface area contributed by atoms with Gasteiger partial charge in [0.1, 0.15) is 0 Å². The molecule has 0 bridgehead atoms. The molecule has 0 saturated heterocycles. The second-order valence-corrected chi connectivity index (χ2v) is 14.6. The van der Waals surface area contributed by atoms with Gasteiger partial charge >= 0.3 is 5.69 Å². The number of carbonyl (C=O) groups is 2. The van der Waals surface area contributed by atoms with Crippen molar-refractivity contribution in [1.29, 1.82) is 0 Å². The van der Waals surface area contributed by atoms with E-state index >= 15 is 0 Å². The second kappa shape index (κ2) is 12.3. The van der Waals surface area contributed by atoms with Gasteiger partial charge in [-0.15, -0.1) is 0 Å². The highest BCUT2D eigenvalue weighted by molar-refractivity contribution is 9.10. The molecule has 2 aliphatic carbocycles. The van der Waals surface area contributed by atoms with Gasteiger partial charge in [-0.3, -0.25) is 29.8 Å². The van der Waals surface area contributed by atoms with Gasteiger partial charge in [0, 0.05) is 53.9 Å². The number of carbonyl (C=O) groups excluding carboxylic acids is 2. The quantitative estimate of drug-likeness (QED) is 0.186. The van der Waals surface area contributed by atoms with E-state index in [1.54, 1.807) is 19.1 Å². The standard InChI is InChI=1S/C34H38BrN3O8/c1-7-11-36-23-15-33(3,4)17-25(39)30(23)29(31-24(36)16-34(5,6)18-26(31)40)19-12-21(35)32(28(13-19)45-8-2)46-27-10-9-20(37(41)42)14-22(27)38(43)44/h9-10,12-14,29H,7-8,11,15-18H2,1-6H3. The van der Waals surface area contributed by atoms with E-state index in [-0.39, 0.29) is 46.3 Å². The summed E-state index contributed by atoms with van der Waals surface area (Å²) in [6.07, 6.45) is 2.95. The Kier molecular flexibility index (Phi) is 8.89. The van der Waals surface area contributed by atoms with Gasteiger partial charge < -0.3 is 14.4 Å². The van der Waals surface area contributed by atoms with Crippen LogP contribution in [-0.4, -0.2) is 39.5 Å². The van der Waals surface area contributed by atoms with Crippen molar-refractivity contribution in [3.63, 3.8) is 0 Å². The van der Waals surface area contributed by atoms with Crippen LogP contribution in [0.1, 0.15) is 85.1 Å². The predicted octanol–water partition coefficient (Wildman–Crippen LogP) is 8.55. The van der Waals surface area contributed by atoms with E-state index in [1.165, 1.54) is 6.07 Å². The first kappa shape index (κ1) is 33.3. The van der Waals surface area contributed by atoms with E-state index in [0.717, 1.165) is 29.9 Å². The number of hydrogen-bond donors (Lipinski definition) is 0. The van der Waals surface area contributed by atoms with Crippen molar-refractivity contribution in [3.05, 3.63) is 83.1 Å². The van der Waals surface area contributed by atoms with Crippen LogP contribution in [0.15, 0.2) is 57.3 Å². The topological polar surface area (TPSA) is 142 Å². The fourth-order valence-corrected chi connectivity index (χ4v) is 7.49. The third-order valence-electron chi connectivity index (χ3n) is 8.70. The van der Waals surface area contributed by atoms with Crippen molar-refractivity contribution in [2.45, 2.75) is 79.6 Å². The number of hydrogen-bond acceptors (Lipinski definition) is 9. The van der Waals surface area contributed by atoms with E-state index in [1.807, 2.05) is 0 Å². The minimum Gasteiger partial charge on any atom is -0.490 e. The van der Waals surface area contributed by atoms with Crippen molar-refractivity contribution in [1.82, 2.24) is 4.90 Å². The second-order valence-electron chi connectivity index (χ2n) is 13.7. The Morgan fingerprint density at radius 3 is 1.96 bits per heavy atom. The molecule has 0 radical (unpaired) electrons. The summed E-state index contributed by atoms with van der Waals surface area (Å²) in [5.41, 5.74) is 2.36. The first-order valence-electron chi connectivity index (χ1n) is 15.4. The Morgan fingerprint density at radius 2 is 1.46 bits per heavy atom. The Balaban J connectivity index is 1.71. The largest absolute Gasteiger partial charge is 0.490 e. The predicted molar refractivity (Wildman–Crippen MR) is 175 cm³/mol. The van der Waals surface area contributed by atoms with Crippen LogP contribution < -0.4 is 9.47 Å². The van der Waals surface area contributed by atoms with Crippen LogP contribution in [-0.2, 0) is 9.59 Å². The summed E-state index contributed by atoms with van der Waals surface area (Å²) in [4.78, 5) is 52.0. The number of benzene rings is 2. The van der Waals surface area contributed by atoms with Crippen LogP contribution in [0.4, 0.5) is 11.4 Å². The molecule has 0 N–H and O–H groups in total. The van der Waals surface area contributed by atoms with Gasteiger partial charge in [-0.1, -0.05) is 34.6 Å². The molecule has 1 heterocycles. The van der Waals surface area contributed by atoms with Gasteiger partial charge in [0.05, 0.1) is 27.0 Å². The van der Waals surface area contributed by atoms with Gasteiger partial charge in [0.15, 0.2) is 23.1 Å². The first-order valence-corrected chi connectivity index (χ1v) is 16.2. The maximum Gasteiger partial charge on any atom is 0.318 e. The van der Waals surface area contributed by atoms with E-state index in [4.69, 9.17) is 9.47 Å². The summed E-state index contributed by atoms with van der Waals surface area (Å²) < 4.78 is 12.4. The van der Waals surface area contributed by atoms with E-state index < -0.39 is 27.1 Å². The molecule has 3 aliphatic rings. The lowest BCUT2D eigenvalue weighted by Gasteiger charge is -2.49. The highest BCUT2D eigenvalue weighted by Gasteiger charge is 2.49. The number of Topliss-reactive ketones (excluding diaryl/α,β-unsaturated/α-hetero) is 2. The Labute approximate surface area is 276 Å². The zero-order valence-electron chi connectivity index (χ0n) is 26.9. The number of allylic oxidation sites excluding steroid dienone is 4. The van der Waals surface area contributed by atoms with Gasteiger partial charge in [-0.05, 0) is 76.7 Å². The summed E-state index contributed by atoms with van der Waals surface area (Å²) in [5, 5.41) is 23.1. The third kappa shape index (κ3) is 6.19. The van der Waals surface area contributed by atoms with E-state index in [2.05, 4.69) is 55.4 Å². The molecule has 0 atom stereocenters. The zero-order valence-corrected chi connectivity index (χ0v) is 28.5. The normalized spacial score (nSPS) is 19.2. The average molecular weight is 697 g/mol. The third-order valence-corrected chi connectivity index (χ3v) is 9.29. The number of ether oxygens (including phenoxy) is 2. The van der Waals surface area contributed by atoms with Crippen LogP contribution in [0.2, 0.25) is 0 Å². The number of halogens is 1. The molecule has 244 valence electrons. The average Bonchev–Trinajstić information content (AvgIpc) is 2.94. The number of nitrogens with zero attached hydrogens (tertiary/aromatic N) is 3. The van der Waals surface area contributed by atoms with Crippen LogP contribution in [0.25, 0.3) is 0 Å². The van der Waals surface area contributed by atoms with Gasteiger partial charge in [0.25, 0.3) is 5.69 Å². The number of nitro groups is 2. The summed E-state index contributed by atoms with van der Waals surface area (Å²) in [7, 11) is 0. The lowest BCUT2D eigenvalue weighted by molar-refractivity contribution is -0.394. The summed E-state index contributed by atoms with van der Waals surface area (Å²) in [6, 6.07) is 6.65. The van der Waals surface area contributed by atoms with Gasteiger partial charge in [-0.2, -0.15) is 0 Å². The van der Waals surface area contributed by atoms with Gasteiger partial charge in [-0.25, -0.2) is 0 Å². The molecule has 0 unspecified atom stereocenters. The SMILES string of the molecule is CCCN1C2=C(C(=O)CC(C)(C)C2)C(c2cc(Br)c(Oc3ccc([N+](=O)[O-])cc3[N+](=O)[O-])c(OCC)c2)C2=C1CC(C)(C)CC2=O. The fourth-order valence-electron chi connectivity index (χ4n) is 6.95. The number of non-ortho nitro benzene ring substituents is 1. The lowest BCUT2D eigenvalue weighted by Crippen LogP contribution is -2.44. The number of nitro benzene ring substituents is 2. The maximum atomic E-state index is 14.1. The van der Waals surface area contributed by atoms with Crippen LogP contribution in [0.5, 0.6) is 17.2 Å². The maximum absolute atomic E-state index is 14.1. The molecule has 0 saturated carbocycles. The molecule has 12 heteroatoms. The highest BCUT2D eigenvalue weighted by Crippen LogP contribution is 2.56. The van der Waals surface area contributed by atoms with Crippen LogP contribution in [0, 0.1) is 31.1 Å². The molecule has 5 rings (SSSR count). The van der Waals surface area contributed by atoms with E-state index in [9.17, 15) is 29.8 Å². The van der Waals surface area contributed by atoms with Crippen LogP contribution in [0.3, 0.4) is 0 Å². The van der Waals surface area contributed by atoms with Crippen molar-refractivity contribution >= 4 is 38.9 Å². The molecule has 0 aromatic heterocycles. The molecule has 11 nitrogen and oxygen atoms in total. The smallest absolute Gasteiger partial charge is 0.318 e. The Morgan fingerprint density at radius 1 is 0.870 bits per heavy atom. The molecular formula is C34H38BrN3O8. The molecule has 2 aromatic carbocycles. The Bertz CT molecular complexity index is 1670. The molecule has 46 heavy (non-hydrogen) atoms. The minimum absolute atomic E-state index is 0.0115. The molecule has 0 amide bonds. The van der Waals surface area contributed by atoms with Crippen molar-refractivity contribution in [2.24, 2.45) is 10.8 Å². The number of rotatable bonds is 9. The molecule has 2 aromatic rings. The first-order chi connectivity index (χ1) is 21.6. The van der Waals surface area contributed by atoms with Crippen molar-refractivity contribution in [3.8, 4) is 17.2 Å². The monoisotopic (exact) mass is 695 g/mol. The molecule has 1 aliphatic heterocycles. The molecule has 0 fully saturated rings. The molecule has 0 spiro atoms. The summed E-state index contributed by atoms with van der Waals surface area (Å²) >= 11 is 3.58. The lowest BCUT2D eigenvalue weighted by atomic mass is 9.63.